The maximum absolute atomic E-state index is 12.7. The van der Waals surface area contributed by atoms with Crippen LogP contribution in [0, 0.1) is 0 Å². The zero-order valence-corrected chi connectivity index (χ0v) is 33.7. The summed E-state index contributed by atoms with van der Waals surface area (Å²) in [4.78, 5) is 25.3. The van der Waals surface area contributed by atoms with Gasteiger partial charge in [-0.1, -0.05) is 135 Å². The van der Waals surface area contributed by atoms with Crippen molar-refractivity contribution in [3.05, 3.63) is 12.2 Å². The SMILES string of the molecule is CCCCCC/C=C\CCCCCCCC(=O)OC(COC(=O)CCCCCCCCCCCCCC)COC1OC(CS(=O)(=O)O)C(O)C(O)C1O. The quantitative estimate of drug-likeness (QED) is 0.0219. The van der Waals surface area contributed by atoms with Gasteiger partial charge in [-0.05, 0) is 38.5 Å². The van der Waals surface area contributed by atoms with Gasteiger partial charge in [0.25, 0.3) is 10.1 Å². The molecular formula is C40H74O12S. The van der Waals surface area contributed by atoms with E-state index in [2.05, 4.69) is 26.0 Å². The molecule has 1 rings (SSSR count). The van der Waals surface area contributed by atoms with Crippen molar-refractivity contribution in [3.63, 3.8) is 0 Å². The third kappa shape index (κ3) is 26.8. The molecule has 12 nitrogen and oxygen atoms in total. The van der Waals surface area contributed by atoms with E-state index in [0.29, 0.717) is 12.8 Å². The van der Waals surface area contributed by atoms with Crippen molar-refractivity contribution in [1.29, 1.82) is 0 Å². The number of rotatable bonds is 34. The van der Waals surface area contributed by atoms with Gasteiger partial charge in [0.05, 0.1) is 6.61 Å². The van der Waals surface area contributed by atoms with Gasteiger partial charge in [-0.25, -0.2) is 0 Å². The van der Waals surface area contributed by atoms with E-state index in [1.165, 1.54) is 77.0 Å². The molecule has 0 amide bonds. The Kier molecular flexibility index (Phi) is 29.4. The molecule has 4 N–H and O–H groups in total. The van der Waals surface area contributed by atoms with Crippen molar-refractivity contribution < 1.29 is 56.8 Å². The van der Waals surface area contributed by atoms with Gasteiger partial charge in [-0.15, -0.1) is 0 Å². The van der Waals surface area contributed by atoms with Gasteiger partial charge in [-0.3, -0.25) is 14.1 Å². The Morgan fingerprint density at radius 1 is 0.623 bits per heavy atom. The first-order valence-electron chi connectivity index (χ1n) is 20.7. The van der Waals surface area contributed by atoms with Gasteiger partial charge in [0.15, 0.2) is 12.4 Å². The minimum absolute atomic E-state index is 0.158. The Balaban J connectivity index is 2.50. The Morgan fingerprint density at radius 3 is 1.58 bits per heavy atom. The van der Waals surface area contributed by atoms with Crippen molar-refractivity contribution in [1.82, 2.24) is 0 Å². The maximum atomic E-state index is 12.7. The minimum Gasteiger partial charge on any atom is -0.462 e. The summed E-state index contributed by atoms with van der Waals surface area (Å²) in [5.74, 6) is -1.99. The van der Waals surface area contributed by atoms with Crippen LogP contribution in [0.3, 0.4) is 0 Å². The van der Waals surface area contributed by atoms with Gasteiger partial charge in [0, 0.05) is 12.8 Å². The number of aliphatic hydroxyl groups excluding tert-OH is 3. The van der Waals surface area contributed by atoms with Crippen LogP contribution in [0.2, 0.25) is 0 Å². The van der Waals surface area contributed by atoms with Crippen LogP contribution in [0.5, 0.6) is 0 Å². The third-order valence-electron chi connectivity index (χ3n) is 9.60. The Morgan fingerprint density at radius 2 is 1.08 bits per heavy atom. The van der Waals surface area contributed by atoms with E-state index in [1.54, 1.807) is 0 Å². The number of hydrogen-bond donors (Lipinski definition) is 4. The number of hydrogen-bond acceptors (Lipinski definition) is 11. The standard InChI is InChI=1S/C40H74O12S/c1-3-5-7-9-11-13-15-17-19-21-23-25-27-29-36(42)51-33(31-50-40-39(45)38(44)37(43)34(52-40)32-53(46,47)48)30-49-35(41)28-26-24-22-20-18-16-14-12-10-8-6-4-2/h13,15,33-34,37-40,43-45H,3-12,14,16-32H2,1-2H3,(H,46,47,48)/b15-13-. The summed E-state index contributed by atoms with van der Waals surface area (Å²) in [7, 11) is -4.59. The molecule has 0 saturated carbocycles. The molecule has 0 aliphatic carbocycles. The number of unbranched alkanes of at least 4 members (excludes halogenated alkanes) is 20. The second kappa shape index (κ2) is 31.6. The fourth-order valence-electron chi connectivity index (χ4n) is 6.32. The lowest BCUT2D eigenvalue weighted by Gasteiger charge is -2.40. The van der Waals surface area contributed by atoms with Crippen LogP contribution in [0.15, 0.2) is 12.2 Å². The van der Waals surface area contributed by atoms with Crippen LogP contribution >= 0.6 is 0 Å². The third-order valence-corrected chi connectivity index (χ3v) is 10.3. The molecule has 0 aromatic heterocycles. The van der Waals surface area contributed by atoms with Crippen LogP contribution < -0.4 is 0 Å². The van der Waals surface area contributed by atoms with Gasteiger partial charge in [0.2, 0.25) is 0 Å². The van der Waals surface area contributed by atoms with Gasteiger partial charge in [0.1, 0.15) is 36.8 Å². The molecule has 1 fully saturated rings. The molecule has 312 valence electrons. The fourth-order valence-corrected chi connectivity index (χ4v) is 7.01. The number of carbonyl (C=O) groups is 2. The maximum Gasteiger partial charge on any atom is 0.306 e. The normalized spacial score (nSPS) is 21.2. The average molecular weight is 779 g/mol. The van der Waals surface area contributed by atoms with E-state index in [1.807, 2.05) is 0 Å². The highest BCUT2D eigenvalue weighted by molar-refractivity contribution is 7.85. The van der Waals surface area contributed by atoms with Crippen LogP contribution in [-0.4, -0.2) is 96.0 Å². The highest BCUT2D eigenvalue weighted by Crippen LogP contribution is 2.24. The monoisotopic (exact) mass is 778 g/mol. The first-order chi connectivity index (χ1) is 25.5. The summed E-state index contributed by atoms with van der Waals surface area (Å²) in [5.41, 5.74) is 0. The topological polar surface area (TPSA) is 186 Å². The van der Waals surface area contributed by atoms with Crippen molar-refractivity contribution >= 4 is 22.1 Å². The summed E-state index contributed by atoms with van der Waals surface area (Å²) in [5, 5.41) is 30.8. The Labute approximate surface area is 320 Å². The first kappa shape index (κ1) is 49.4. The molecule has 6 atom stereocenters. The molecular weight excluding hydrogens is 704 g/mol. The number of ether oxygens (including phenoxy) is 4. The predicted octanol–water partition coefficient (Wildman–Crippen LogP) is 7.50. The minimum atomic E-state index is -4.59. The molecule has 0 spiro atoms. The summed E-state index contributed by atoms with van der Waals surface area (Å²) in [6.07, 6.45) is 21.2. The second-order valence-electron chi connectivity index (χ2n) is 14.7. The van der Waals surface area contributed by atoms with Crippen LogP contribution in [-0.2, 0) is 38.7 Å². The average Bonchev–Trinajstić information content (AvgIpc) is 3.12. The largest absolute Gasteiger partial charge is 0.462 e. The molecule has 53 heavy (non-hydrogen) atoms. The molecule has 1 heterocycles. The number of aliphatic hydroxyl groups is 3. The Bertz CT molecular complexity index is 1050. The smallest absolute Gasteiger partial charge is 0.306 e. The van der Waals surface area contributed by atoms with Crippen LogP contribution in [0.1, 0.15) is 174 Å². The van der Waals surface area contributed by atoms with E-state index in [-0.39, 0.29) is 19.4 Å². The molecule has 1 aliphatic heterocycles. The highest BCUT2D eigenvalue weighted by Gasteiger charge is 2.46. The zero-order valence-electron chi connectivity index (χ0n) is 32.9. The first-order valence-corrected chi connectivity index (χ1v) is 22.4. The summed E-state index contributed by atoms with van der Waals surface area (Å²) < 4.78 is 53.9. The molecule has 13 heteroatoms. The van der Waals surface area contributed by atoms with Gasteiger partial charge >= 0.3 is 11.9 Å². The molecule has 6 unspecified atom stereocenters. The van der Waals surface area contributed by atoms with Crippen molar-refractivity contribution in [2.75, 3.05) is 19.0 Å². The van der Waals surface area contributed by atoms with Gasteiger partial charge in [-0.2, -0.15) is 8.42 Å². The second-order valence-corrected chi connectivity index (χ2v) is 16.2. The van der Waals surface area contributed by atoms with Gasteiger partial charge < -0.3 is 34.3 Å². The van der Waals surface area contributed by atoms with Crippen molar-refractivity contribution in [3.8, 4) is 0 Å². The summed E-state index contributed by atoms with van der Waals surface area (Å²) in [6.45, 7) is 3.72. The molecule has 0 aromatic carbocycles. The van der Waals surface area contributed by atoms with E-state index < -0.39 is 71.2 Å². The lowest BCUT2D eigenvalue weighted by Crippen LogP contribution is -2.60. The fraction of sp³-hybridized carbons (Fsp3) is 0.900. The number of esters is 2. The van der Waals surface area contributed by atoms with E-state index in [0.717, 1.165) is 57.8 Å². The zero-order chi connectivity index (χ0) is 39.2. The lowest BCUT2D eigenvalue weighted by molar-refractivity contribution is -0.297. The van der Waals surface area contributed by atoms with Crippen molar-refractivity contribution in [2.24, 2.45) is 0 Å². The number of carbonyl (C=O) groups excluding carboxylic acids is 2. The summed E-state index contributed by atoms with van der Waals surface area (Å²) in [6, 6.07) is 0. The predicted molar refractivity (Wildman–Crippen MR) is 206 cm³/mol. The Hall–Kier alpha value is -1.61. The van der Waals surface area contributed by atoms with E-state index >= 15 is 0 Å². The van der Waals surface area contributed by atoms with Crippen LogP contribution in [0.4, 0.5) is 0 Å². The van der Waals surface area contributed by atoms with E-state index in [4.69, 9.17) is 18.9 Å². The van der Waals surface area contributed by atoms with Crippen LogP contribution in [0.25, 0.3) is 0 Å². The molecule has 1 aliphatic rings. The highest BCUT2D eigenvalue weighted by atomic mass is 32.2. The molecule has 1 saturated heterocycles. The molecule has 0 radical (unpaired) electrons. The molecule has 0 aromatic rings. The summed E-state index contributed by atoms with van der Waals surface area (Å²) >= 11 is 0. The molecule has 0 bridgehead atoms. The van der Waals surface area contributed by atoms with E-state index in [9.17, 15) is 37.9 Å². The lowest BCUT2D eigenvalue weighted by atomic mass is 10.00. The van der Waals surface area contributed by atoms with Crippen molar-refractivity contribution in [2.45, 2.75) is 211 Å². The number of allylic oxidation sites excluding steroid dienone is 2.